The van der Waals surface area contributed by atoms with Crippen molar-refractivity contribution in [2.24, 2.45) is 16.6 Å². The van der Waals surface area contributed by atoms with Crippen LogP contribution in [0.25, 0.3) is 0 Å². The van der Waals surface area contributed by atoms with Gasteiger partial charge in [-0.3, -0.25) is 5.73 Å². The molecule has 0 amide bonds. The smallest absolute Gasteiger partial charge is 0.383 e. The van der Waals surface area contributed by atoms with Gasteiger partial charge in [0.05, 0.1) is 29.0 Å². The number of nitrogens with zero attached hydrogens (tertiary/aromatic N) is 2. The van der Waals surface area contributed by atoms with Crippen LogP contribution in [0, 0.1) is 5.92 Å². The molecule has 3 heterocycles. The van der Waals surface area contributed by atoms with Crippen LogP contribution in [-0.4, -0.2) is 29.2 Å². The number of fused-ring (bicyclic) bond motifs is 1. The van der Waals surface area contributed by atoms with Crippen molar-refractivity contribution in [3.63, 3.8) is 0 Å². The molecule has 4 rings (SSSR count). The van der Waals surface area contributed by atoms with Crippen LogP contribution < -0.4 is 16.8 Å². The first kappa shape index (κ1) is 16.6. The van der Waals surface area contributed by atoms with Crippen LogP contribution in [0.15, 0.2) is 11.2 Å². The number of aromatic nitrogens is 1. The van der Waals surface area contributed by atoms with Gasteiger partial charge in [0.15, 0.2) is 5.79 Å². The number of pyridine rings is 1. The monoisotopic (exact) mass is 355 g/mol. The summed E-state index contributed by atoms with van der Waals surface area (Å²) in [5.74, 6) is -1.37. The summed E-state index contributed by atoms with van der Waals surface area (Å²) in [4.78, 5) is 7.94. The van der Waals surface area contributed by atoms with E-state index in [4.69, 9.17) is 16.2 Å². The van der Waals surface area contributed by atoms with Crippen molar-refractivity contribution >= 4 is 17.7 Å². The van der Waals surface area contributed by atoms with Gasteiger partial charge in [-0.15, -0.1) is 0 Å². The van der Waals surface area contributed by atoms with E-state index >= 15 is 0 Å². The Morgan fingerprint density at radius 2 is 1.92 bits per heavy atom. The molecule has 3 aliphatic rings. The van der Waals surface area contributed by atoms with Crippen molar-refractivity contribution in [2.45, 2.75) is 49.7 Å². The zero-order chi connectivity index (χ0) is 17.9. The average molecular weight is 355 g/mol. The quantitative estimate of drug-likeness (QED) is 0.719. The number of nitrogen functional groups attached to an aromatic ring is 1. The predicted octanol–water partition coefficient (Wildman–Crippen LogP) is 2.49. The third kappa shape index (κ3) is 2.65. The second-order valence-corrected chi connectivity index (χ2v) is 7.11. The molecule has 25 heavy (non-hydrogen) atoms. The van der Waals surface area contributed by atoms with Crippen LogP contribution in [0.1, 0.15) is 43.2 Å². The van der Waals surface area contributed by atoms with E-state index in [1.54, 1.807) is 0 Å². The third-order valence-corrected chi connectivity index (χ3v) is 5.67. The van der Waals surface area contributed by atoms with Crippen molar-refractivity contribution in [1.82, 2.24) is 4.98 Å². The molecule has 1 aromatic rings. The van der Waals surface area contributed by atoms with Crippen LogP contribution in [-0.2, 0) is 10.9 Å². The lowest BCUT2D eigenvalue weighted by atomic mass is 9.72. The molecule has 9 heteroatoms. The van der Waals surface area contributed by atoms with Crippen LogP contribution in [0.5, 0.6) is 0 Å². The van der Waals surface area contributed by atoms with Gasteiger partial charge >= 0.3 is 6.18 Å². The number of halogens is 3. The molecule has 1 atom stereocenters. The van der Waals surface area contributed by atoms with Gasteiger partial charge < -0.3 is 15.8 Å². The highest BCUT2D eigenvalue weighted by molar-refractivity contribution is 5.96. The Kier molecular flexibility index (Phi) is 3.52. The summed E-state index contributed by atoms with van der Waals surface area (Å²) in [6, 6.07) is 0. The van der Waals surface area contributed by atoms with E-state index in [0.717, 1.165) is 44.9 Å². The molecule has 2 aliphatic heterocycles. The Hall–Kier alpha value is -1.87. The molecule has 5 N–H and O–H groups in total. The zero-order valence-corrected chi connectivity index (χ0v) is 13.6. The molecule has 1 aliphatic carbocycles. The number of anilines is 2. The van der Waals surface area contributed by atoms with Crippen molar-refractivity contribution in [3.05, 3.63) is 17.3 Å². The number of nitrogens with one attached hydrogen (secondary N) is 1. The highest BCUT2D eigenvalue weighted by Gasteiger charge is 2.48. The number of nitrogens with two attached hydrogens (primary N) is 2. The maximum absolute atomic E-state index is 13.3. The molecule has 1 saturated heterocycles. The van der Waals surface area contributed by atoms with E-state index in [0.29, 0.717) is 0 Å². The van der Waals surface area contributed by atoms with Crippen LogP contribution >= 0.6 is 0 Å². The number of rotatable bonds is 1. The number of ether oxygens (including phenoxy) is 1. The fourth-order valence-electron chi connectivity index (χ4n) is 4.00. The van der Waals surface area contributed by atoms with Gasteiger partial charge in [-0.25, -0.2) is 9.98 Å². The molecule has 0 bridgehead atoms. The molecule has 136 valence electrons. The van der Waals surface area contributed by atoms with E-state index in [-0.39, 0.29) is 28.6 Å². The van der Waals surface area contributed by atoms with Crippen LogP contribution in [0.4, 0.5) is 24.7 Å². The minimum absolute atomic E-state index is 0.00762. The first-order valence-electron chi connectivity index (χ1n) is 8.34. The maximum Gasteiger partial charge on any atom is 0.419 e. The Morgan fingerprint density at radius 3 is 2.48 bits per heavy atom. The number of hydrogen-bond donors (Lipinski definition) is 3. The molecular weight excluding hydrogens is 335 g/mol. The summed E-state index contributed by atoms with van der Waals surface area (Å²) >= 11 is 0. The lowest BCUT2D eigenvalue weighted by Gasteiger charge is -2.49. The molecule has 1 unspecified atom stereocenters. The summed E-state index contributed by atoms with van der Waals surface area (Å²) in [6.07, 6.45) is 1.73. The van der Waals surface area contributed by atoms with Crippen LogP contribution in [0.3, 0.4) is 0 Å². The summed E-state index contributed by atoms with van der Waals surface area (Å²) < 4.78 is 45.7. The van der Waals surface area contributed by atoms with Gasteiger partial charge in [0.1, 0.15) is 5.82 Å². The first-order chi connectivity index (χ1) is 11.7. The number of alkyl halides is 3. The molecule has 0 aromatic carbocycles. The summed E-state index contributed by atoms with van der Waals surface area (Å²) in [5.41, 5.74) is 11.2. The molecule has 6 nitrogen and oxygen atoms in total. The number of aliphatic imine (C=N–C) groups is 1. The van der Waals surface area contributed by atoms with Gasteiger partial charge in [-0.05, 0) is 32.1 Å². The van der Waals surface area contributed by atoms with Crippen molar-refractivity contribution < 1.29 is 17.9 Å². The zero-order valence-electron chi connectivity index (χ0n) is 13.6. The fraction of sp³-hybridized carbons (Fsp3) is 0.625. The third-order valence-electron chi connectivity index (χ3n) is 5.67. The summed E-state index contributed by atoms with van der Waals surface area (Å²) in [7, 11) is 0. The predicted molar refractivity (Wildman–Crippen MR) is 87.0 cm³/mol. The molecule has 2 fully saturated rings. The highest BCUT2D eigenvalue weighted by atomic mass is 19.4. The minimum Gasteiger partial charge on any atom is -0.383 e. The molecule has 1 saturated carbocycles. The summed E-state index contributed by atoms with van der Waals surface area (Å²) in [5, 5.41) is 2.82. The van der Waals surface area contributed by atoms with Gasteiger partial charge in [0.25, 0.3) is 0 Å². The van der Waals surface area contributed by atoms with E-state index in [2.05, 4.69) is 15.3 Å². The standard InChI is InChI=1S/C16H20F3N5O/c17-15(18,19)11-8-22-13(20)10-7-23-16(21,24-12(10)11)9-1-3-14(4-2-9)5-6-25-14/h7-9,24H,1-6,21H2,(H2,20,22). The Labute approximate surface area is 142 Å². The molecule has 1 aromatic heterocycles. The van der Waals surface area contributed by atoms with E-state index in [9.17, 15) is 13.2 Å². The topological polar surface area (TPSA) is 98.5 Å². The lowest BCUT2D eigenvalue weighted by molar-refractivity contribution is -0.172. The van der Waals surface area contributed by atoms with Gasteiger partial charge in [0.2, 0.25) is 0 Å². The highest BCUT2D eigenvalue weighted by Crippen LogP contribution is 2.47. The normalized spacial score (nSPS) is 34.3. The molecule has 1 spiro atoms. The first-order valence-corrected chi connectivity index (χ1v) is 8.34. The van der Waals surface area contributed by atoms with Gasteiger partial charge in [-0.1, -0.05) is 0 Å². The van der Waals surface area contributed by atoms with Gasteiger partial charge in [0, 0.05) is 18.3 Å². The van der Waals surface area contributed by atoms with Crippen molar-refractivity contribution in [2.75, 3.05) is 17.7 Å². The second-order valence-electron chi connectivity index (χ2n) is 7.11. The number of hydrogen-bond acceptors (Lipinski definition) is 6. The van der Waals surface area contributed by atoms with Crippen molar-refractivity contribution in [1.29, 1.82) is 0 Å². The summed E-state index contributed by atoms with van der Waals surface area (Å²) in [6.45, 7) is 0.781. The van der Waals surface area contributed by atoms with Crippen LogP contribution in [0.2, 0.25) is 0 Å². The second kappa shape index (κ2) is 5.31. The van der Waals surface area contributed by atoms with E-state index < -0.39 is 17.5 Å². The maximum atomic E-state index is 13.3. The average Bonchev–Trinajstić information content (AvgIpc) is 2.52. The minimum atomic E-state index is -4.56. The largest absolute Gasteiger partial charge is 0.419 e. The van der Waals surface area contributed by atoms with Gasteiger partial charge in [-0.2, -0.15) is 13.2 Å². The molecular formula is C16H20F3N5O. The van der Waals surface area contributed by atoms with Crippen molar-refractivity contribution in [3.8, 4) is 0 Å². The fourth-order valence-corrected chi connectivity index (χ4v) is 4.00. The lowest BCUT2D eigenvalue weighted by Crippen LogP contribution is -2.57. The van der Waals surface area contributed by atoms with E-state index in [1.807, 2.05) is 0 Å². The SMILES string of the molecule is Nc1ncc(C(F)(F)F)c2c1C=NC(N)(C1CCC3(CCO3)CC1)N2. The Bertz CT molecular complexity index is 721. The van der Waals surface area contributed by atoms with E-state index in [1.165, 1.54) is 6.21 Å². The Balaban J connectivity index is 1.63. The Morgan fingerprint density at radius 1 is 1.24 bits per heavy atom. The molecule has 0 radical (unpaired) electrons.